The zero-order valence-electron chi connectivity index (χ0n) is 64.9. The molecule has 9 aromatic rings. The summed E-state index contributed by atoms with van der Waals surface area (Å²) < 4.78 is 59.1. The van der Waals surface area contributed by atoms with Gasteiger partial charge in [-0.15, -0.1) is 34.0 Å². The molecule has 4 aliphatic rings. The van der Waals surface area contributed by atoms with Gasteiger partial charge in [0.2, 0.25) is 0 Å². The second-order valence-electron chi connectivity index (χ2n) is 30.6. The van der Waals surface area contributed by atoms with Crippen LogP contribution in [0.4, 0.5) is 0 Å². The van der Waals surface area contributed by atoms with E-state index < -0.39 is 47.1 Å². The molecule has 1 saturated heterocycles. The van der Waals surface area contributed by atoms with Crippen molar-refractivity contribution < 1.29 is 66.7 Å². The summed E-state index contributed by atoms with van der Waals surface area (Å²) in [6, 6.07) is 30.3. The van der Waals surface area contributed by atoms with Gasteiger partial charge in [-0.1, -0.05) is 48.0 Å². The predicted octanol–water partition coefficient (Wildman–Crippen LogP) is 20.1. The van der Waals surface area contributed by atoms with Gasteiger partial charge in [0, 0.05) is 112 Å². The van der Waals surface area contributed by atoms with Crippen molar-refractivity contribution in [2.45, 2.75) is 209 Å². The largest absolute Gasteiger partial charge is 0.496 e. The van der Waals surface area contributed by atoms with E-state index >= 15 is 0 Å². The number of hydrogen-bond donors (Lipinski definition) is 1. The van der Waals surface area contributed by atoms with E-state index in [1.807, 2.05) is 191 Å². The molecule has 0 amide bonds. The fourth-order valence-corrected chi connectivity index (χ4v) is 16.9. The van der Waals surface area contributed by atoms with Crippen molar-refractivity contribution >= 4 is 76.1 Å². The Hall–Kier alpha value is -7.83. The lowest BCUT2D eigenvalue weighted by Crippen LogP contribution is -2.41. The lowest BCUT2D eigenvalue weighted by molar-refractivity contribution is -0.167. The minimum atomic E-state index is -1.07. The average molecular weight is 1530 g/mol. The predicted molar refractivity (Wildman–Crippen MR) is 428 cm³/mol. The third-order valence-electron chi connectivity index (χ3n) is 18.4. The lowest BCUT2D eigenvalue weighted by atomic mass is 9.80. The van der Waals surface area contributed by atoms with Crippen LogP contribution in [-0.2, 0) is 66.6 Å². The second kappa shape index (κ2) is 34.8. The molecule has 1 fully saturated rings. The van der Waals surface area contributed by atoms with Crippen LogP contribution < -0.4 is 19.7 Å². The van der Waals surface area contributed by atoms with Gasteiger partial charge < -0.3 is 52.3 Å². The Kier molecular flexibility index (Phi) is 26.6. The quantitative estimate of drug-likeness (QED) is 0.0665. The van der Waals surface area contributed by atoms with Crippen LogP contribution in [-0.4, -0.2) is 106 Å². The second-order valence-corrected chi connectivity index (χ2v) is 34.9. The number of aromatic nitrogens is 3. The van der Waals surface area contributed by atoms with Gasteiger partial charge in [-0.3, -0.25) is 15.0 Å². The number of benzene rings is 3. The van der Waals surface area contributed by atoms with Gasteiger partial charge >= 0.3 is 25.0 Å². The van der Waals surface area contributed by atoms with Crippen LogP contribution in [0.1, 0.15) is 189 Å². The molecule has 4 aliphatic heterocycles. The van der Waals surface area contributed by atoms with Crippen LogP contribution in [0.2, 0.25) is 4.34 Å². The number of rotatable bonds is 17. The Bertz CT molecular complexity index is 4540. The molecular weight excluding hydrogens is 1430 g/mol. The first-order valence-electron chi connectivity index (χ1n) is 36.7. The summed E-state index contributed by atoms with van der Waals surface area (Å²) in [5.74, 6) is 1.02. The summed E-state index contributed by atoms with van der Waals surface area (Å²) in [6.45, 7) is 37.9. The van der Waals surface area contributed by atoms with Crippen LogP contribution in [0.3, 0.4) is 0 Å². The number of pyridine rings is 3. The first kappa shape index (κ1) is 81.7. The fourth-order valence-electron chi connectivity index (χ4n) is 13.0. The first-order chi connectivity index (χ1) is 50.7. The van der Waals surface area contributed by atoms with Crippen molar-refractivity contribution in [2.75, 3.05) is 33.0 Å². The molecule has 0 spiro atoms. The molecule has 6 aromatic heterocycles. The Labute approximate surface area is 648 Å². The average Bonchev–Trinajstić information content (AvgIpc) is 1.70. The highest BCUT2D eigenvalue weighted by atomic mass is 35.5. The highest BCUT2D eigenvalue weighted by Gasteiger charge is 2.52. The standard InChI is InChI=1S/C27H31NO4S.C25H27NO4S.C22H27ClO4S.C11H16BNO2/c1-6-30-26(29)24(32-27(3,4)5)22-17(2)33-25(20-9-7-13-28-16-20)23(22)19-11-12-21-18(15-19)10-8-14-31-21;1-15-20(22(24(27)28)30-25(2,3)4)21(23(31-15)18-7-5-11-26-14-18)17-9-10-19-16(13-17)8-6-12-29-19;1-6-25-21(24)19(27-22(3,4)5)17-13(2)28-20(23)18(17)15-9-10-16-14(12-15)8-7-11-26-16;1-10(2)11(3,4)15-12(14-10)9-6-5-7-13-8-9/h7,9,11-13,15-16,24H,6,8,10,14H2,1-5H3;5,7,9-11,13-14,22H,6,8,12H2,1-4H3,(H,27,28);9-10,12,19H,6-8,11H2,1-5H3;5-8H,1-4H3. The summed E-state index contributed by atoms with van der Waals surface area (Å²) in [6.07, 6.45) is 13.9. The van der Waals surface area contributed by atoms with Crippen LogP contribution in [0.5, 0.6) is 17.2 Å². The third-order valence-corrected chi connectivity index (χ3v) is 22.1. The number of aryl methyl sites for hydroxylation is 6. The molecule has 0 saturated carbocycles. The Balaban J connectivity index is 0.000000157. The smallest absolute Gasteiger partial charge is 0.493 e. The monoisotopic (exact) mass is 1530 g/mol. The van der Waals surface area contributed by atoms with Gasteiger partial charge in [0.05, 0.1) is 61.0 Å². The van der Waals surface area contributed by atoms with Crippen molar-refractivity contribution in [2.24, 2.45) is 0 Å². The zero-order chi connectivity index (χ0) is 77.3. The molecule has 13 rings (SSSR count). The highest BCUT2D eigenvalue weighted by Crippen LogP contribution is 2.52. The summed E-state index contributed by atoms with van der Waals surface area (Å²) >= 11 is 11.3. The van der Waals surface area contributed by atoms with Crippen molar-refractivity contribution in [3.05, 3.63) is 181 Å². The molecule has 1 N–H and O–H groups in total. The number of fused-ring (bicyclic) bond motifs is 3. The molecular formula is C85H101BClN3O14S3. The maximum Gasteiger partial charge on any atom is 0.496 e. The summed E-state index contributed by atoms with van der Waals surface area (Å²) in [7, 11) is -0.302. The van der Waals surface area contributed by atoms with Gasteiger partial charge in [-0.05, 0) is 251 Å². The van der Waals surface area contributed by atoms with E-state index in [4.69, 9.17) is 58.8 Å². The van der Waals surface area contributed by atoms with Crippen LogP contribution in [0, 0.1) is 20.8 Å². The van der Waals surface area contributed by atoms with Crippen molar-refractivity contribution in [3.8, 4) is 71.5 Å². The van der Waals surface area contributed by atoms with Gasteiger partial charge in [0.1, 0.15) is 21.6 Å². The van der Waals surface area contributed by atoms with Crippen LogP contribution in [0.15, 0.2) is 128 Å². The minimum Gasteiger partial charge on any atom is -0.493 e. The molecule has 0 bridgehead atoms. The number of thiophene rings is 3. The van der Waals surface area contributed by atoms with Gasteiger partial charge in [0.15, 0.2) is 18.3 Å². The topological polar surface area (TPSA) is 202 Å². The maximum absolute atomic E-state index is 13.2. The Morgan fingerprint density at radius 1 is 0.505 bits per heavy atom. The Morgan fingerprint density at radius 2 is 0.860 bits per heavy atom. The number of carboxylic acid groups (broad SMARTS) is 1. The minimum absolute atomic E-state index is 0.284. The van der Waals surface area contributed by atoms with Crippen molar-refractivity contribution in [1.82, 2.24) is 15.0 Å². The van der Waals surface area contributed by atoms with E-state index in [2.05, 4.69) is 45.3 Å². The number of hydrogen-bond acceptors (Lipinski definition) is 19. The summed E-state index contributed by atoms with van der Waals surface area (Å²) in [5, 5.41) is 10.1. The number of esters is 2. The maximum atomic E-state index is 13.2. The van der Waals surface area contributed by atoms with E-state index in [0.29, 0.717) is 23.1 Å². The van der Waals surface area contributed by atoms with E-state index in [-0.39, 0.29) is 24.3 Å². The molecule has 3 atom stereocenters. The van der Waals surface area contributed by atoms with Crippen molar-refractivity contribution in [3.63, 3.8) is 0 Å². The summed E-state index contributed by atoms with van der Waals surface area (Å²) in [4.78, 5) is 56.0. The molecule has 107 heavy (non-hydrogen) atoms. The number of carbonyl (C=O) groups is 3. The molecule has 0 radical (unpaired) electrons. The van der Waals surface area contributed by atoms with E-state index in [1.165, 1.54) is 22.5 Å². The highest BCUT2D eigenvalue weighted by molar-refractivity contribution is 7.17. The van der Waals surface area contributed by atoms with E-state index in [0.717, 1.165) is 167 Å². The molecule has 22 heteroatoms. The molecule has 0 aliphatic carbocycles. The molecule has 568 valence electrons. The molecule has 17 nitrogen and oxygen atoms in total. The third kappa shape index (κ3) is 20.2. The van der Waals surface area contributed by atoms with Gasteiger partial charge in [-0.2, -0.15) is 0 Å². The van der Waals surface area contributed by atoms with E-state index in [9.17, 15) is 19.5 Å². The SMILES string of the molecule is CC1(C)OB(c2cccnc2)OC1(C)C.CCOC(=O)C(OC(C)(C)C)c1c(C)sc(-c2cccnc2)c1-c1ccc2c(c1)CCCO2.CCOC(=O)C(OC(C)(C)C)c1c(C)sc(Cl)c1-c1ccc2c(c1)CCCO2.Cc1sc(-c2cccnc2)c(-c2ccc3c(c2)CCCO3)c1C(OC(C)(C)C)C(=O)O. The van der Waals surface area contributed by atoms with Crippen LogP contribution in [0.25, 0.3) is 54.3 Å². The summed E-state index contributed by atoms with van der Waals surface area (Å²) in [5.41, 5.74) is 12.4. The number of halogens is 1. The zero-order valence-corrected chi connectivity index (χ0v) is 68.1. The fraction of sp³-hybridized carbons (Fsp3) is 0.435. The molecule has 10 heterocycles. The van der Waals surface area contributed by atoms with Crippen LogP contribution >= 0.6 is 45.6 Å². The first-order valence-corrected chi connectivity index (χ1v) is 39.5. The van der Waals surface area contributed by atoms with E-state index in [1.54, 1.807) is 54.4 Å². The van der Waals surface area contributed by atoms with Gasteiger partial charge in [-0.25, -0.2) is 14.4 Å². The Morgan fingerprint density at radius 3 is 1.21 bits per heavy atom. The number of aliphatic carboxylic acids is 1. The van der Waals surface area contributed by atoms with Crippen molar-refractivity contribution in [1.29, 1.82) is 0 Å². The number of nitrogens with zero attached hydrogens (tertiary/aromatic N) is 3. The number of carbonyl (C=O) groups excluding carboxylic acids is 2. The molecule has 3 unspecified atom stereocenters. The molecule has 3 aromatic carbocycles. The lowest BCUT2D eigenvalue weighted by Gasteiger charge is -2.32. The number of ether oxygens (including phenoxy) is 8. The normalized spacial score (nSPS) is 15.8. The van der Waals surface area contributed by atoms with Gasteiger partial charge in [0.25, 0.3) is 0 Å². The number of carboxylic acids is 1.